The van der Waals surface area contributed by atoms with Crippen molar-refractivity contribution in [1.82, 2.24) is 14.9 Å². The number of nitrogens with zero attached hydrogens (tertiary/aromatic N) is 2. The fourth-order valence-electron chi connectivity index (χ4n) is 4.38. The molecule has 1 fully saturated rings. The van der Waals surface area contributed by atoms with Crippen LogP contribution in [0.15, 0.2) is 48.5 Å². The van der Waals surface area contributed by atoms with E-state index in [4.69, 9.17) is 14.5 Å². The zero-order valence-electron chi connectivity index (χ0n) is 19.6. The van der Waals surface area contributed by atoms with Gasteiger partial charge in [-0.15, -0.1) is 0 Å². The molecule has 2 aromatic carbocycles. The summed E-state index contributed by atoms with van der Waals surface area (Å²) in [4.78, 5) is 16.9. The molecule has 1 aromatic heterocycles. The highest BCUT2D eigenvalue weighted by atomic mass is 16.5. The molecule has 0 bridgehead atoms. The van der Waals surface area contributed by atoms with Gasteiger partial charge in [0.25, 0.3) is 0 Å². The van der Waals surface area contributed by atoms with Crippen molar-refractivity contribution in [3.8, 4) is 5.75 Å². The maximum atomic E-state index is 12.0. The van der Waals surface area contributed by atoms with E-state index in [0.717, 1.165) is 68.6 Å². The Bertz CT molecular complexity index is 1040. The van der Waals surface area contributed by atoms with Gasteiger partial charge < -0.3 is 19.4 Å². The van der Waals surface area contributed by atoms with Gasteiger partial charge in [-0.3, -0.25) is 4.79 Å². The van der Waals surface area contributed by atoms with Crippen LogP contribution in [0.3, 0.4) is 0 Å². The maximum Gasteiger partial charge on any atom is 0.249 e. The largest absolute Gasteiger partial charge is 0.493 e. The molecule has 1 amide bonds. The Morgan fingerprint density at radius 2 is 1.97 bits per heavy atom. The number of carbonyl (C=O) groups is 1. The van der Waals surface area contributed by atoms with Crippen LogP contribution < -0.4 is 10.1 Å². The van der Waals surface area contributed by atoms with Gasteiger partial charge in [0.05, 0.1) is 17.6 Å². The third kappa shape index (κ3) is 6.35. The summed E-state index contributed by atoms with van der Waals surface area (Å²) in [5, 5.41) is 3.01. The molecule has 6 nitrogen and oxygen atoms in total. The molecule has 1 aliphatic heterocycles. The van der Waals surface area contributed by atoms with Crippen LogP contribution in [0.4, 0.5) is 0 Å². The number of aryl methyl sites for hydroxylation is 3. The Morgan fingerprint density at radius 3 is 2.82 bits per heavy atom. The molecular weight excluding hydrogens is 414 g/mol. The van der Waals surface area contributed by atoms with Gasteiger partial charge in [-0.2, -0.15) is 0 Å². The highest BCUT2D eigenvalue weighted by molar-refractivity contribution is 5.80. The van der Waals surface area contributed by atoms with E-state index in [9.17, 15) is 4.79 Å². The Labute approximate surface area is 196 Å². The summed E-state index contributed by atoms with van der Waals surface area (Å²) in [6, 6.07) is 16.5. The molecule has 0 spiro atoms. The number of hydrogen-bond acceptors (Lipinski definition) is 4. The number of unbranched alkanes of at least 4 members (excludes halogenated alkanes) is 2. The lowest BCUT2D eigenvalue weighted by molar-refractivity contribution is -0.130. The van der Waals surface area contributed by atoms with Gasteiger partial charge >= 0.3 is 0 Å². The van der Waals surface area contributed by atoms with E-state index in [1.54, 1.807) is 0 Å². The fourth-order valence-corrected chi connectivity index (χ4v) is 4.38. The van der Waals surface area contributed by atoms with Crippen molar-refractivity contribution in [2.45, 2.75) is 64.5 Å². The third-order valence-electron chi connectivity index (χ3n) is 6.21. The van der Waals surface area contributed by atoms with Crippen LogP contribution in [0.2, 0.25) is 0 Å². The molecule has 1 atom stereocenters. The fraction of sp³-hybridized carbons (Fsp3) is 0.481. The highest BCUT2D eigenvalue weighted by Crippen LogP contribution is 2.20. The lowest BCUT2D eigenvalue weighted by Crippen LogP contribution is -2.34. The van der Waals surface area contributed by atoms with E-state index in [-0.39, 0.29) is 12.0 Å². The quantitative estimate of drug-likeness (QED) is 0.403. The molecule has 1 unspecified atom stereocenters. The number of carbonyl (C=O) groups excluding carboxylic acids is 1. The summed E-state index contributed by atoms with van der Waals surface area (Å²) >= 11 is 0. The molecule has 1 saturated heterocycles. The number of aromatic nitrogens is 2. The average Bonchev–Trinajstić information content (AvgIpc) is 3.48. The second-order valence-corrected chi connectivity index (χ2v) is 8.74. The van der Waals surface area contributed by atoms with E-state index in [1.807, 2.05) is 24.3 Å². The van der Waals surface area contributed by atoms with Gasteiger partial charge in [-0.05, 0) is 62.8 Å². The predicted octanol–water partition coefficient (Wildman–Crippen LogP) is 4.82. The molecule has 3 aromatic rings. The van der Waals surface area contributed by atoms with Crippen molar-refractivity contribution in [2.24, 2.45) is 0 Å². The summed E-state index contributed by atoms with van der Waals surface area (Å²) in [6.07, 6.45) is 6.55. The molecule has 0 aliphatic carbocycles. The van der Waals surface area contributed by atoms with Crippen molar-refractivity contribution in [3.05, 3.63) is 59.9 Å². The zero-order valence-corrected chi connectivity index (χ0v) is 19.6. The minimum absolute atomic E-state index is 0.0437. The Hall–Kier alpha value is -2.86. The molecule has 6 heteroatoms. The maximum absolute atomic E-state index is 12.0. The van der Waals surface area contributed by atoms with E-state index >= 15 is 0 Å². The smallest absolute Gasteiger partial charge is 0.249 e. The SMILES string of the molecule is Cc1ccccc1OCCCn1c(CCCCCNC(=O)C2CCCO2)nc2ccccc21. The Balaban J connectivity index is 1.24. The number of nitrogens with one attached hydrogen (secondary N) is 1. The van der Waals surface area contributed by atoms with Crippen molar-refractivity contribution >= 4 is 16.9 Å². The number of ether oxygens (including phenoxy) is 2. The van der Waals surface area contributed by atoms with Crippen molar-refractivity contribution in [2.75, 3.05) is 19.8 Å². The summed E-state index contributed by atoms with van der Waals surface area (Å²) in [6.45, 7) is 5.06. The zero-order chi connectivity index (χ0) is 22.9. The van der Waals surface area contributed by atoms with E-state index in [2.05, 4.69) is 41.1 Å². The first-order valence-corrected chi connectivity index (χ1v) is 12.2. The van der Waals surface area contributed by atoms with Crippen molar-refractivity contribution < 1.29 is 14.3 Å². The second kappa shape index (κ2) is 11.8. The van der Waals surface area contributed by atoms with Gasteiger partial charge in [0.15, 0.2) is 0 Å². The molecule has 33 heavy (non-hydrogen) atoms. The first-order valence-electron chi connectivity index (χ1n) is 12.2. The number of fused-ring (bicyclic) bond motifs is 1. The molecule has 1 N–H and O–H groups in total. The molecular formula is C27H35N3O3. The topological polar surface area (TPSA) is 65.4 Å². The first-order chi connectivity index (χ1) is 16.2. The van der Waals surface area contributed by atoms with Gasteiger partial charge in [0, 0.05) is 26.1 Å². The first kappa shape index (κ1) is 23.3. The van der Waals surface area contributed by atoms with E-state index in [0.29, 0.717) is 19.8 Å². The lowest BCUT2D eigenvalue weighted by atomic mass is 10.1. The Morgan fingerprint density at radius 1 is 1.12 bits per heavy atom. The number of imidazole rings is 1. The van der Waals surface area contributed by atoms with Gasteiger partial charge in [-0.25, -0.2) is 4.98 Å². The van der Waals surface area contributed by atoms with Crippen molar-refractivity contribution in [3.63, 3.8) is 0 Å². The molecule has 0 radical (unpaired) electrons. The van der Waals surface area contributed by atoms with Gasteiger partial charge in [-0.1, -0.05) is 36.8 Å². The van der Waals surface area contributed by atoms with Gasteiger partial charge in [0.1, 0.15) is 17.7 Å². The minimum atomic E-state index is -0.236. The third-order valence-corrected chi connectivity index (χ3v) is 6.21. The highest BCUT2D eigenvalue weighted by Gasteiger charge is 2.22. The van der Waals surface area contributed by atoms with Crippen LogP contribution >= 0.6 is 0 Å². The number of para-hydroxylation sites is 3. The van der Waals surface area contributed by atoms with Crippen LogP contribution in [0.5, 0.6) is 5.75 Å². The normalized spacial score (nSPS) is 15.7. The summed E-state index contributed by atoms with van der Waals surface area (Å²) in [7, 11) is 0. The van der Waals surface area contributed by atoms with Crippen molar-refractivity contribution in [1.29, 1.82) is 0 Å². The number of hydrogen-bond donors (Lipinski definition) is 1. The average molecular weight is 450 g/mol. The lowest BCUT2D eigenvalue weighted by Gasteiger charge is -2.12. The Kier molecular flexibility index (Phi) is 8.36. The molecule has 0 saturated carbocycles. The summed E-state index contributed by atoms with van der Waals surface area (Å²) in [5.74, 6) is 2.14. The van der Waals surface area contributed by atoms with Crippen LogP contribution in [0.1, 0.15) is 49.9 Å². The monoisotopic (exact) mass is 449 g/mol. The summed E-state index contributed by atoms with van der Waals surface area (Å²) < 4.78 is 13.8. The van der Waals surface area contributed by atoms with Crippen LogP contribution in [-0.2, 0) is 22.5 Å². The number of benzene rings is 2. The molecule has 4 rings (SSSR count). The van der Waals surface area contributed by atoms with Crippen LogP contribution in [0.25, 0.3) is 11.0 Å². The number of amides is 1. The van der Waals surface area contributed by atoms with Crippen LogP contribution in [-0.4, -0.2) is 41.3 Å². The predicted molar refractivity (Wildman–Crippen MR) is 131 cm³/mol. The van der Waals surface area contributed by atoms with E-state index < -0.39 is 0 Å². The number of rotatable bonds is 12. The van der Waals surface area contributed by atoms with Crippen LogP contribution in [0, 0.1) is 6.92 Å². The molecule has 1 aliphatic rings. The van der Waals surface area contributed by atoms with E-state index in [1.165, 1.54) is 11.1 Å². The second-order valence-electron chi connectivity index (χ2n) is 8.74. The summed E-state index contributed by atoms with van der Waals surface area (Å²) in [5.41, 5.74) is 3.40. The minimum Gasteiger partial charge on any atom is -0.493 e. The standard InChI is InChI=1S/C27H35N3O3/c1-21-11-4-7-14-24(21)32-20-10-18-30-23-13-6-5-12-22(23)29-26(30)16-3-2-8-17-28-27(31)25-15-9-19-33-25/h4-7,11-14,25H,2-3,8-10,15-20H2,1H3,(H,28,31). The molecule has 176 valence electrons. The van der Waals surface area contributed by atoms with Gasteiger partial charge in [0.2, 0.25) is 5.91 Å². The molecule has 2 heterocycles.